The fourth-order valence-corrected chi connectivity index (χ4v) is 2.38. The van der Waals surface area contributed by atoms with Gasteiger partial charge in [-0.25, -0.2) is 0 Å². The summed E-state index contributed by atoms with van der Waals surface area (Å²) in [7, 11) is 0. The largest absolute Gasteiger partial charge is 0.468 e. The van der Waals surface area contributed by atoms with Crippen LogP contribution >= 0.6 is 0 Å². The second-order valence-electron chi connectivity index (χ2n) is 4.67. The number of nitrogens with zero attached hydrogens (tertiary/aromatic N) is 1. The molecule has 3 rings (SSSR count). The zero-order valence-corrected chi connectivity index (χ0v) is 8.98. The number of nitrogens with one attached hydrogen (secondary N) is 1. The van der Waals surface area contributed by atoms with Crippen LogP contribution in [0.25, 0.3) is 0 Å². The van der Waals surface area contributed by atoms with Gasteiger partial charge in [-0.15, -0.1) is 0 Å². The molecule has 2 heterocycles. The summed E-state index contributed by atoms with van der Waals surface area (Å²) >= 11 is 0. The summed E-state index contributed by atoms with van der Waals surface area (Å²) in [6.07, 6.45) is 5.87. The molecule has 2 fully saturated rings. The smallest absolute Gasteiger partial charge is 0.117 e. The van der Waals surface area contributed by atoms with Crippen molar-refractivity contribution in [3.05, 3.63) is 24.2 Å². The van der Waals surface area contributed by atoms with Crippen LogP contribution in [0.15, 0.2) is 22.8 Å². The van der Waals surface area contributed by atoms with E-state index in [9.17, 15) is 0 Å². The van der Waals surface area contributed by atoms with Gasteiger partial charge in [0.1, 0.15) is 5.76 Å². The van der Waals surface area contributed by atoms with Gasteiger partial charge in [-0.3, -0.25) is 4.90 Å². The first kappa shape index (κ1) is 9.43. The van der Waals surface area contributed by atoms with Crippen molar-refractivity contribution >= 4 is 0 Å². The Morgan fingerprint density at radius 3 is 3.07 bits per heavy atom. The Morgan fingerprint density at radius 2 is 2.33 bits per heavy atom. The van der Waals surface area contributed by atoms with Gasteiger partial charge >= 0.3 is 0 Å². The van der Waals surface area contributed by atoms with Crippen LogP contribution in [-0.2, 0) is 6.54 Å². The molecule has 82 valence electrons. The Kier molecular flexibility index (Phi) is 2.51. The van der Waals surface area contributed by atoms with Gasteiger partial charge in [-0.1, -0.05) is 0 Å². The molecule has 3 nitrogen and oxygen atoms in total. The zero-order valence-electron chi connectivity index (χ0n) is 8.98. The van der Waals surface area contributed by atoms with E-state index in [2.05, 4.69) is 10.2 Å². The van der Waals surface area contributed by atoms with E-state index >= 15 is 0 Å². The van der Waals surface area contributed by atoms with Crippen LogP contribution in [-0.4, -0.2) is 30.1 Å². The van der Waals surface area contributed by atoms with Gasteiger partial charge in [0, 0.05) is 25.2 Å². The lowest BCUT2D eigenvalue weighted by Crippen LogP contribution is -2.32. The van der Waals surface area contributed by atoms with Crippen molar-refractivity contribution in [1.29, 1.82) is 0 Å². The van der Waals surface area contributed by atoms with Crippen LogP contribution in [0.1, 0.15) is 25.0 Å². The Balaban J connectivity index is 1.44. The highest BCUT2D eigenvalue weighted by molar-refractivity contribution is 4.99. The van der Waals surface area contributed by atoms with Crippen molar-refractivity contribution in [1.82, 2.24) is 10.2 Å². The molecule has 1 aliphatic carbocycles. The van der Waals surface area contributed by atoms with E-state index in [4.69, 9.17) is 4.42 Å². The topological polar surface area (TPSA) is 28.4 Å². The molecule has 0 bridgehead atoms. The van der Waals surface area contributed by atoms with E-state index in [1.165, 1.54) is 32.4 Å². The average Bonchev–Trinajstić information content (AvgIpc) is 2.82. The molecule has 0 aromatic carbocycles. The Bertz CT molecular complexity index is 305. The van der Waals surface area contributed by atoms with Crippen molar-refractivity contribution in [2.75, 3.05) is 13.1 Å². The van der Waals surface area contributed by atoms with Crippen molar-refractivity contribution in [3.8, 4) is 0 Å². The first-order valence-corrected chi connectivity index (χ1v) is 5.91. The quantitative estimate of drug-likeness (QED) is 0.811. The zero-order chi connectivity index (χ0) is 10.1. The molecule has 0 spiro atoms. The third kappa shape index (κ3) is 2.24. The predicted octanol–water partition coefficient (Wildman–Crippen LogP) is 1.61. The van der Waals surface area contributed by atoms with Gasteiger partial charge in [0.2, 0.25) is 0 Å². The molecule has 15 heavy (non-hydrogen) atoms. The molecule has 1 saturated carbocycles. The van der Waals surface area contributed by atoms with Crippen LogP contribution in [0.3, 0.4) is 0 Å². The van der Waals surface area contributed by atoms with Crippen molar-refractivity contribution in [2.24, 2.45) is 0 Å². The number of likely N-dealkylation sites (tertiary alicyclic amines) is 1. The van der Waals surface area contributed by atoms with Crippen LogP contribution in [0.5, 0.6) is 0 Å². The molecule has 1 atom stereocenters. The standard InChI is InChI=1S/C12H18N2O/c1-2-12(15-7-1)8-13-10-5-6-14(9-10)11-3-4-11/h1-2,7,10-11,13H,3-6,8-9H2. The fourth-order valence-electron chi connectivity index (χ4n) is 2.38. The lowest BCUT2D eigenvalue weighted by Gasteiger charge is -2.15. The minimum Gasteiger partial charge on any atom is -0.468 e. The van der Waals surface area contributed by atoms with Crippen molar-refractivity contribution in [3.63, 3.8) is 0 Å². The van der Waals surface area contributed by atoms with Gasteiger partial charge < -0.3 is 9.73 Å². The first-order valence-electron chi connectivity index (χ1n) is 5.91. The van der Waals surface area contributed by atoms with E-state index in [-0.39, 0.29) is 0 Å². The van der Waals surface area contributed by atoms with E-state index in [0.717, 1.165) is 18.3 Å². The normalized spacial score (nSPS) is 27.3. The summed E-state index contributed by atoms with van der Waals surface area (Å²) in [6, 6.07) is 5.55. The van der Waals surface area contributed by atoms with Gasteiger partial charge in [-0.2, -0.15) is 0 Å². The molecule has 1 unspecified atom stereocenters. The van der Waals surface area contributed by atoms with Gasteiger partial charge in [0.25, 0.3) is 0 Å². The molecule has 1 aliphatic heterocycles. The molecular formula is C12H18N2O. The SMILES string of the molecule is c1coc(CNC2CCN(C3CC3)C2)c1. The molecule has 2 aliphatic rings. The van der Waals surface area contributed by atoms with Gasteiger partial charge in [-0.05, 0) is 31.4 Å². The molecule has 1 aromatic heterocycles. The summed E-state index contributed by atoms with van der Waals surface area (Å²) in [5.74, 6) is 1.04. The van der Waals surface area contributed by atoms with E-state index in [0.29, 0.717) is 6.04 Å². The molecular weight excluding hydrogens is 188 g/mol. The van der Waals surface area contributed by atoms with Crippen LogP contribution < -0.4 is 5.32 Å². The predicted molar refractivity (Wildman–Crippen MR) is 58.5 cm³/mol. The third-order valence-electron chi connectivity index (χ3n) is 3.43. The van der Waals surface area contributed by atoms with Crippen molar-refractivity contribution in [2.45, 2.75) is 37.9 Å². The van der Waals surface area contributed by atoms with E-state index < -0.39 is 0 Å². The maximum absolute atomic E-state index is 5.30. The fraction of sp³-hybridized carbons (Fsp3) is 0.667. The van der Waals surface area contributed by atoms with Gasteiger partial charge in [0.05, 0.1) is 12.8 Å². The Labute approximate surface area is 90.4 Å². The lowest BCUT2D eigenvalue weighted by molar-refractivity contribution is 0.315. The number of rotatable bonds is 4. The Hall–Kier alpha value is -0.800. The molecule has 0 amide bonds. The van der Waals surface area contributed by atoms with E-state index in [1.54, 1.807) is 6.26 Å². The summed E-state index contributed by atoms with van der Waals surface area (Å²) in [5, 5.41) is 3.56. The number of furan rings is 1. The monoisotopic (exact) mass is 206 g/mol. The lowest BCUT2D eigenvalue weighted by atomic mass is 10.2. The molecule has 3 heteroatoms. The highest BCUT2D eigenvalue weighted by atomic mass is 16.3. The minimum absolute atomic E-state index is 0.663. The molecule has 0 radical (unpaired) electrons. The minimum atomic E-state index is 0.663. The number of hydrogen-bond donors (Lipinski definition) is 1. The first-order chi connectivity index (χ1) is 7.42. The van der Waals surface area contributed by atoms with Crippen LogP contribution in [0.4, 0.5) is 0 Å². The maximum atomic E-state index is 5.30. The van der Waals surface area contributed by atoms with E-state index in [1.807, 2.05) is 12.1 Å². The summed E-state index contributed by atoms with van der Waals surface area (Å²) in [5.41, 5.74) is 0. The molecule has 1 saturated heterocycles. The summed E-state index contributed by atoms with van der Waals surface area (Å²) in [4.78, 5) is 2.62. The van der Waals surface area contributed by atoms with Crippen LogP contribution in [0.2, 0.25) is 0 Å². The summed E-state index contributed by atoms with van der Waals surface area (Å²) in [6.45, 7) is 3.38. The second-order valence-corrected chi connectivity index (χ2v) is 4.67. The molecule has 1 aromatic rings. The average molecular weight is 206 g/mol. The van der Waals surface area contributed by atoms with Crippen LogP contribution in [0, 0.1) is 0 Å². The van der Waals surface area contributed by atoms with Crippen molar-refractivity contribution < 1.29 is 4.42 Å². The highest BCUT2D eigenvalue weighted by Crippen LogP contribution is 2.29. The number of hydrogen-bond acceptors (Lipinski definition) is 3. The molecule has 1 N–H and O–H groups in total. The maximum Gasteiger partial charge on any atom is 0.117 e. The summed E-state index contributed by atoms with van der Waals surface area (Å²) < 4.78 is 5.30. The highest BCUT2D eigenvalue weighted by Gasteiger charge is 2.33. The third-order valence-corrected chi connectivity index (χ3v) is 3.43. The second kappa shape index (κ2) is 3.99. The van der Waals surface area contributed by atoms with Gasteiger partial charge in [0.15, 0.2) is 0 Å². The Morgan fingerprint density at radius 1 is 1.40 bits per heavy atom.